The van der Waals surface area contributed by atoms with Gasteiger partial charge in [-0.2, -0.15) is 0 Å². The van der Waals surface area contributed by atoms with Crippen LogP contribution in [0.15, 0.2) is 0 Å². The van der Waals surface area contributed by atoms with E-state index < -0.39 is 12.1 Å². The predicted molar refractivity (Wildman–Crippen MR) is 106 cm³/mol. The van der Waals surface area contributed by atoms with Crippen LogP contribution in [0.25, 0.3) is 0 Å². The molecule has 0 saturated heterocycles. The van der Waals surface area contributed by atoms with Crippen molar-refractivity contribution in [3.05, 3.63) is 0 Å². The summed E-state index contributed by atoms with van der Waals surface area (Å²) in [5, 5.41) is 8.97. The van der Waals surface area contributed by atoms with Crippen molar-refractivity contribution in [1.29, 1.82) is 0 Å². The van der Waals surface area contributed by atoms with Crippen LogP contribution in [0, 0.1) is 0 Å². The summed E-state index contributed by atoms with van der Waals surface area (Å²) >= 11 is 0. The normalized spacial score (nSPS) is 12.3. The first-order valence-corrected chi connectivity index (χ1v) is 10.5. The van der Waals surface area contributed by atoms with E-state index in [0.29, 0.717) is 17.4 Å². The van der Waals surface area contributed by atoms with Gasteiger partial charge in [-0.15, -0.1) is 0 Å². The van der Waals surface area contributed by atoms with E-state index in [1.165, 1.54) is 57.8 Å². The summed E-state index contributed by atoms with van der Waals surface area (Å²) in [6.07, 6.45) is 13.4. The molecule has 0 spiro atoms. The predicted octanol–water partition coefficient (Wildman–Crippen LogP) is 1.78. The lowest BCUT2D eigenvalue weighted by Crippen LogP contribution is -3.00. The summed E-state index contributed by atoms with van der Waals surface area (Å²) in [5.41, 5.74) is 0. The SMILES string of the molecule is CCCCCCCCCCCCCC(=O)O[C@H](CC(=O)O)C[N+](C)(C)C.[Cl-]. The lowest BCUT2D eigenvalue weighted by atomic mass is 10.1. The van der Waals surface area contributed by atoms with E-state index in [4.69, 9.17) is 9.84 Å². The lowest BCUT2D eigenvalue weighted by Gasteiger charge is -2.28. The number of carboxylic acid groups (broad SMARTS) is 1. The maximum Gasteiger partial charge on any atom is 0.307 e. The Morgan fingerprint density at radius 1 is 0.852 bits per heavy atom. The molecular weight excluding hydrogens is 366 g/mol. The van der Waals surface area contributed by atoms with Crippen LogP contribution < -0.4 is 12.4 Å². The number of hydrogen-bond donors (Lipinski definition) is 1. The number of unbranched alkanes of at least 4 members (excludes halogenated alkanes) is 10. The Kier molecular flexibility index (Phi) is 18.2. The number of rotatable bonds is 17. The van der Waals surface area contributed by atoms with Crippen LogP contribution in [0.2, 0.25) is 0 Å². The highest BCUT2D eigenvalue weighted by Crippen LogP contribution is 2.13. The molecule has 1 N–H and O–H groups in total. The highest BCUT2D eigenvalue weighted by molar-refractivity contribution is 5.71. The monoisotopic (exact) mass is 407 g/mol. The summed E-state index contributed by atoms with van der Waals surface area (Å²) in [7, 11) is 5.89. The summed E-state index contributed by atoms with van der Waals surface area (Å²) in [5.74, 6) is -1.19. The number of ether oxygens (including phenoxy) is 1. The first-order valence-electron chi connectivity index (χ1n) is 10.5. The highest BCUT2D eigenvalue weighted by atomic mass is 35.5. The molecule has 0 aromatic rings. The molecule has 0 bridgehead atoms. The van der Waals surface area contributed by atoms with Crippen molar-refractivity contribution in [2.45, 2.75) is 96.5 Å². The summed E-state index contributed by atoms with van der Waals surface area (Å²) in [4.78, 5) is 22.9. The number of esters is 1. The smallest absolute Gasteiger partial charge is 0.307 e. The highest BCUT2D eigenvalue weighted by Gasteiger charge is 2.24. The third-order valence-electron chi connectivity index (χ3n) is 4.44. The topological polar surface area (TPSA) is 63.6 Å². The molecule has 0 unspecified atom stereocenters. The molecule has 1 atom stereocenters. The number of carbonyl (C=O) groups is 2. The Hall–Kier alpha value is -0.810. The number of quaternary nitrogens is 1. The van der Waals surface area contributed by atoms with Crippen molar-refractivity contribution in [3.63, 3.8) is 0 Å². The van der Waals surface area contributed by atoms with Gasteiger partial charge in [-0.05, 0) is 6.42 Å². The molecule has 0 aliphatic rings. The van der Waals surface area contributed by atoms with E-state index in [2.05, 4.69) is 6.92 Å². The number of carbonyl (C=O) groups excluding carboxylic acids is 1. The molecule has 162 valence electrons. The van der Waals surface area contributed by atoms with Crippen molar-refractivity contribution in [1.82, 2.24) is 0 Å². The molecular formula is C21H42ClNO4. The molecule has 0 heterocycles. The minimum Gasteiger partial charge on any atom is -1.00 e. The molecule has 0 radical (unpaired) electrons. The first kappa shape index (κ1) is 28.4. The van der Waals surface area contributed by atoms with E-state index in [1.54, 1.807) is 0 Å². The van der Waals surface area contributed by atoms with Crippen LogP contribution in [-0.4, -0.2) is 55.3 Å². The fourth-order valence-corrected chi connectivity index (χ4v) is 3.13. The number of nitrogens with zero attached hydrogens (tertiary/aromatic N) is 1. The van der Waals surface area contributed by atoms with Gasteiger partial charge in [0.1, 0.15) is 6.54 Å². The largest absolute Gasteiger partial charge is 1.00 e. The molecule has 0 aromatic heterocycles. The van der Waals surface area contributed by atoms with Gasteiger partial charge >= 0.3 is 11.9 Å². The van der Waals surface area contributed by atoms with E-state index in [9.17, 15) is 9.59 Å². The van der Waals surface area contributed by atoms with E-state index in [0.717, 1.165) is 12.8 Å². The number of carboxylic acids is 1. The van der Waals surface area contributed by atoms with Crippen molar-refractivity contribution in [3.8, 4) is 0 Å². The zero-order valence-electron chi connectivity index (χ0n) is 18.0. The Bertz CT molecular complexity index is 383. The number of likely N-dealkylation sites (N-methyl/N-ethyl adjacent to an activating group) is 1. The molecule has 0 saturated carbocycles. The Labute approximate surface area is 172 Å². The van der Waals surface area contributed by atoms with Crippen LogP contribution in [0.3, 0.4) is 0 Å². The van der Waals surface area contributed by atoms with Crippen LogP contribution in [0.1, 0.15) is 90.4 Å². The van der Waals surface area contributed by atoms with Crippen LogP contribution in [-0.2, 0) is 14.3 Å². The minimum atomic E-state index is -0.925. The van der Waals surface area contributed by atoms with Gasteiger partial charge in [0.15, 0.2) is 6.10 Å². The fraction of sp³-hybridized carbons (Fsp3) is 0.905. The van der Waals surface area contributed by atoms with Gasteiger partial charge < -0.3 is 26.7 Å². The second kappa shape index (κ2) is 17.3. The number of aliphatic carboxylic acids is 1. The van der Waals surface area contributed by atoms with Gasteiger partial charge in [-0.3, -0.25) is 9.59 Å². The maximum atomic E-state index is 12.0. The zero-order chi connectivity index (χ0) is 19.8. The number of halogens is 1. The second-order valence-electron chi connectivity index (χ2n) is 8.47. The molecule has 0 aliphatic heterocycles. The Morgan fingerprint density at radius 3 is 1.70 bits per heavy atom. The molecule has 27 heavy (non-hydrogen) atoms. The van der Waals surface area contributed by atoms with Crippen LogP contribution in [0.4, 0.5) is 0 Å². The Morgan fingerprint density at radius 2 is 1.30 bits per heavy atom. The zero-order valence-corrected chi connectivity index (χ0v) is 18.7. The summed E-state index contributed by atoms with van der Waals surface area (Å²) in [6.45, 7) is 2.75. The molecule has 0 fully saturated rings. The van der Waals surface area contributed by atoms with E-state index >= 15 is 0 Å². The summed E-state index contributed by atoms with van der Waals surface area (Å²) in [6, 6.07) is 0. The average molecular weight is 408 g/mol. The molecule has 0 aliphatic carbocycles. The second-order valence-corrected chi connectivity index (χ2v) is 8.47. The van der Waals surface area contributed by atoms with E-state index in [1.807, 2.05) is 21.1 Å². The van der Waals surface area contributed by atoms with Crippen molar-refractivity contribution >= 4 is 11.9 Å². The van der Waals surface area contributed by atoms with Crippen molar-refractivity contribution in [2.24, 2.45) is 0 Å². The van der Waals surface area contributed by atoms with Gasteiger partial charge in [0, 0.05) is 6.42 Å². The third kappa shape index (κ3) is 21.3. The molecule has 0 aromatic carbocycles. The van der Waals surface area contributed by atoms with Gasteiger partial charge in [-0.1, -0.05) is 71.1 Å². The quantitative estimate of drug-likeness (QED) is 0.227. The lowest BCUT2D eigenvalue weighted by molar-refractivity contribution is -0.873. The van der Waals surface area contributed by atoms with Gasteiger partial charge in [0.2, 0.25) is 0 Å². The Balaban J connectivity index is 0. The molecule has 0 rings (SSSR count). The fourth-order valence-electron chi connectivity index (χ4n) is 3.13. The third-order valence-corrected chi connectivity index (χ3v) is 4.44. The summed E-state index contributed by atoms with van der Waals surface area (Å²) < 4.78 is 5.97. The molecule has 5 nitrogen and oxygen atoms in total. The number of hydrogen-bond acceptors (Lipinski definition) is 3. The van der Waals surface area contributed by atoms with Crippen molar-refractivity contribution < 1.29 is 36.3 Å². The van der Waals surface area contributed by atoms with Crippen LogP contribution >= 0.6 is 0 Å². The van der Waals surface area contributed by atoms with Crippen molar-refractivity contribution in [2.75, 3.05) is 27.7 Å². The molecule has 0 amide bonds. The van der Waals surface area contributed by atoms with Crippen LogP contribution in [0.5, 0.6) is 0 Å². The van der Waals surface area contributed by atoms with Gasteiger partial charge in [-0.25, -0.2) is 0 Å². The standard InChI is InChI=1S/C21H41NO4.ClH/c1-5-6-7-8-9-10-11-12-13-14-15-16-21(25)26-19(17-20(23)24)18-22(2,3)4;/h19H,5-18H2,1-4H3;1H/t19-;/m1./s1. The van der Waals surface area contributed by atoms with Gasteiger partial charge in [0.25, 0.3) is 0 Å². The minimum absolute atomic E-state index is 0. The van der Waals surface area contributed by atoms with E-state index in [-0.39, 0.29) is 24.8 Å². The molecule has 6 heteroatoms. The van der Waals surface area contributed by atoms with Gasteiger partial charge in [0.05, 0.1) is 27.6 Å². The average Bonchev–Trinajstić information content (AvgIpc) is 2.50. The maximum absolute atomic E-state index is 12.0. The first-order chi connectivity index (χ1) is 12.2.